The van der Waals surface area contributed by atoms with Gasteiger partial charge in [-0.05, 0) is 29.2 Å². The highest BCUT2D eigenvalue weighted by Crippen LogP contribution is 2.44. The summed E-state index contributed by atoms with van der Waals surface area (Å²) in [7, 11) is 0. The van der Waals surface area contributed by atoms with Crippen molar-refractivity contribution in [2.24, 2.45) is 0 Å². The first kappa shape index (κ1) is 23.8. The Morgan fingerprint density at radius 1 is 1.00 bits per heavy atom. The minimum Gasteiger partial charge on any atom is -0.324 e. The molecule has 0 bridgehead atoms. The molecule has 2 N–H and O–H groups in total. The molecule has 172 valence electrons. The van der Waals surface area contributed by atoms with Crippen LogP contribution in [-0.2, 0) is 11.2 Å². The summed E-state index contributed by atoms with van der Waals surface area (Å²) >= 11 is 0.645. The number of amides is 1. The first-order valence-corrected chi connectivity index (χ1v) is 10.3. The number of rotatable bonds is 6. The molecule has 0 saturated carbocycles. The van der Waals surface area contributed by atoms with Gasteiger partial charge in [0.15, 0.2) is 5.13 Å². The van der Waals surface area contributed by atoms with Crippen LogP contribution in [0, 0.1) is 0 Å². The predicted octanol–water partition coefficient (Wildman–Crippen LogP) is 6.01. The predicted molar refractivity (Wildman–Crippen MR) is 110 cm³/mol. The van der Waals surface area contributed by atoms with Crippen molar-refractivity contribution >= 4 is 32.6 Å². The van der Waals surface area contributed by atoms with Crippen LogP contribution in [0.1, 0.15) is 30.9 Å². The molecule has 0 aliphatic carbocycles. The zero-order valence-corrected chi connectivity index (χ0v) is 17.8. The number of carbonyl (C=O) groups excluding carboxylic acids is 1. The van der Waals surface area contributed by atoms with Gasteiger partial charge in [0, 0.05) is 0 Å². The monoisotopic (exact) mass is 475 g/mol. The van der Waals surface area contributed by atoms with Crippen LogP contribution in [0.3, 0.4) is 0 Å². The van der Waals surface area contributed by atoms with E-state index in [4.69, 9.17) is 0 Å². The molecule has 0 unspecified atom stereocenters. The lowest BCUT2D eigenvalue weighted by Crippen LogP contribution is -2.72. The van der Waals surface area contributed by atoms with E-state index in [2.05, 4.69) is 4.98 Å². The van der Waals surface area contributed by atoms with Gasteiger partial charge in [-0.2, -0.15) is 26.3 Å². The minimum absolute atomic E-state index is 0.111. The van der Waals surface area contributed by atoms with Gasteiger partial charge in [-0.1, -0.05) is 61.6 Å². The Labute approximate surface area is 183 Å². The highest BCUT2D eigenvalue weighted by atomic mass is 32.1. The third kappa shape index (κ3) is 4.82. The molecule has 1 amide bonds. The second-order valence-electron chi connectivity index (χ2n) is 7.48. The van der Waals surface area contributed by atoms with Crippen LogP contribution in [0.5, 0.6) is 0 Å². The average Bonchev–Trinajstić information content (AvgIpc) is 3.07. The molecular weight excluding hydrogens is 456 g/mol. The standard InChI is InChI=1S/C21H19F6N3OS/c1-12(2)14-8-9-15-16(11-14)32-18(28-15)30-19(20(22,23)24,21(25,26)27)29-17(31)10-13-6-4-3-5-7-13/h3-9,11-12H,10H2,1-2H3,(H,28,30)(H,29,31). The summed E-state index contributed by atoms with van der Waals surface area (Å²) in [6.45, 7) is 3.81. The fourth-order valence-electron chi connectivity index (χ4n) is 3.02. The Morgan fingerprint density at radius 3 is 2.19 bits per heavy atom. The van der Waals surface area contributed by atoms with E-state index in [0.29, 0.717) is 16.0 Å². The number of halogens is 6. The summed E-state index contributed by atoms with van der Waals surface area (Å²) in [5, 5.41) is 1.99. The van der Waals surface area contributed by atoms with Crippen molar-refractivity contribution in [3.05, 3.63) is 59.7 Å². The van der Waals surface area contributed by atoms with Crippen molar-refractivity contribution < 1.29 is 31.1 Å². The number of nitrogens with zero attached hydrogens (tertiary/aromatic N) is 1. The molecule has 1 heterocycles. The highest BCUT2D eigenvalue weighted by Gasteiger charge is 2.73. The molecule has 0 aliphatic rings. The van der Waals surface area contributed by atoms with Crippen molar-refractivity contribution in [3.8, 4) is 0 Å². The number of anilines is 1. The van der Waals surface area contributed by atoms with Gasteiger partial charge in [0.25, 0.3) is 0 Å². The molecular formula is C21H19F6N3OS. The van der Waals surface area contributed by atoms with Crippen molar-refractivity contribution in [3.63, 3.8) is 0 Å². The number of benzene rings is 2. The number of hydrogen-bond donors (Lipinski definition) is 2. The smallest absolute Gasteiger partial charge is 0.324 e. The zero-order valence-electron chi connectivity index (χ0n) is 16.9. The minimum atomic E-state index is -5.90. The fraction of sp³-hybridized carbons (Fsp3) is 0.333. The maximum atomic E-state index is 13.9. The molecule has 4 nitrogen and oxygen atoms in total. The molecule has 2 aromatic carbocycles. The number of fused-ring (bicyclic) bond motifs is 1. The Kier molecular flexibility index (Phi) is 6.41. The lowest BCUT2D eigenvalue weighted by atomic mass is 10.0. The second kappa shape index (κ2) is 8.61. The molecule has 0 radical (unpaired) electrons. The first-order chi connectivity index (χ1) is 14.8. The average molecular weight is 475 g/mol. The summed E-state index contributed by atoms with van der Waals surface area (Å²) in [5.41, 5.74) is -3.33. The first-order valence-electron chi connectivity index (χ1n) is 9.49. The number of alkyl halides is 6. The summed E-state index contributed by atoms with van der Waals surface area (Å²) in [6.07, 6.45) is -12.5. The SMILES string of the molecule is CC(C)c1ccc2nc(NC(NC(=O)Cc3ccccc3)(C(F)(F)F)C(F)(F)F)sc2c1. The maximum absolute atomic E-state index is 13.9. The Morgan fingerprint density at radius 2 is 1.62 bits per heavy atom. The Bertz CT molecular complexity index is 1080. The van der Waals surface area contributed by atoms with Gasteiger partial charge < -0.3 is 10.6 Å². The molecule has 3 rings (SSSR count). The zero-order chi connectivity index (χ0) is 23.7. The van der Waals surface area contributed by atoms with E-state index in [-0.39, 0.29) is 17.0 Å². The number of nitrogens with one attached hydrogen (secondary N) is 2. The van der Waals surface area contributed by atoms with Gasteiger partial charge in [0.1, 0.15) is 0 Å². The van der Waals surface area contributed by atoms with E-state index in [9.17, 15) is 31.1 Å². The summed E-state index contributed by atoms with van der Waals surface area (Å²) in [6, 6.07) is 12.4. The highest BCUT2D eigenvalue weighted by molar-refractivity contribution is 7.22. The van der Waals surface area contributed by atoms with Gasteiger partial charge in [-0.25, -0.2) is 4.98 Å². The van der Waals surface area contributed by atoms with Crippen molar-refractivity contribution in [2.75, 3.05) is 5.32 Å². The van der Waals surface area contributed by atoms with Crippen molar-refractivity contribution in [2.45, 2.75) is 44.2 Å². The molecule has 0 spiro atoms. The van der Waals surface area contributed by atoms with E-state index in [1.807, 2.05) is 13.8 Å². The summed E-state index contributed by atoms with van der Waals surface area (Å²) < 4.78 is 83.6. The van der Waals surface area contributed by atoms with Crippen molar-refractivity contribution in [1.82, 2.24) is 10.3 Å². The maximum Gasteiger partial charge on any atom is 0.439 e. The van der Waals surface area contributed by atoms with E-state index >= 15 is 0 Å². The topological polar surface area (TPSA) is 54.0 Å². The van der Waals surface area contributed by atoms with E-state index < -0.39 is 35.5 Å². The van der Waals surface area contributed by atoms with Crippen molar-refractivity contribution in [1.29, 1.82) is 0 Å². The quantitative estimate of drug-likeness (QED) is 0.339. The van der Waals surface area contributed by atoms with Crippen LogP contribution < -0.4 is 10.6 Å². The molecule has 0 fully saturated rings. The number of hydrogen-bond acceptors (Lipinski definition) is 4. The van der Waals surface area contributed by atoms with Gasteiger partial charge in [-0.15, -0.1) is 0 Å². The number of carbonyl (C=O) groups is 1. The Hall–Kier alpha value is -2.82. The van der Waals surface area contributed by atoms with Gasteiger partial charge in [0.05, 0.1) is 16.6 Å². The fourth-order valence-corrected chi connectivity index (χ4v) is 3.99. The molecule has 1 aromatic heterocycles. The van der Waals surface area contributed by atoms with E-state index in [0.717, 1.165) is 10.9 Å². The largest absolute Gasteiger partial charge is 0.439 e. The Balaban J connectivity index is 1.99. The van der Waals surface area contributed by atoms with E-state index in [1.165, 1.54) is 35.6 Å². The number of thiazole rings is 1. The third-order valence-electron chi connectivity index (χ3n) is 4.76. The summed E-state index contributed by atoms with van der Waals surface area (Å²) in [4.78, 5) is 16.1. The molecule has 3 aromatic rings. The lowest BCUT2D eigenvalue weighted by molar-refractivity contribution is -0.295. The van der Waals surface area contributed by atoms with Crippen LogP contribution in [0.15, 0.2) is 48.5 Å². The molecule has 32 heavy (non-hydrogen) atoms. The second-order valence-corrected chi connectivity index (χ2v) is 8.51. The van der Waals surface area contributed by atoms with Crippen LogP contribution >= 0.6 is 11.3 Å². The van der Waals surface area contributed by atoms with Gasteiger partial charge >= 0.3 is 18.0 Å². The van der Waals surface area contributed by atoms with Gasteiger partial charge in [0.2, 0.25) is 5.91 Å². The van der Waals surface area contributed by atoms with Crippen LogP contribution in [-0.4, -0.2) is 28.9 Å². The van der Waals surface area contributed by atoms with Crippen LogP contribution in [0.2, 0.25) is 0 Å². The lowest BCUT2D eigenvalue weighted by Gasteiger charge is -2.38. The third-order valence-corrected chi connectivity index (χ3v) is 5.69. The van der Waals surface area contributed by atoms with Gasteiger partial charge in [-0.3, -0.25) is 4.79 Å². The molecule has 0 aliphatic heterocycles. The molecule has 11 heteroatoms. The molecule has 0 atom stereocenters. The normalized spacial score (nSPS) is 12.9. The summed E-state index contributed by atoms with van der Waals surface area (Å²) in [5.74, 6) is -1.33. The molecule has 0 saturated heterocycles. The number of aromatic nitrogens is 1. The van der Waals surface area contributed by atoms with Crippen LogP contribution in [0.4, 0.5) is 31.5 Å². The van der Waals surface area contributed by atoms with Crippen LogP contribution in [0.25, 0.3) is 10.2 Å². The van der Waals surface area contributed by atoms with E-state index in [1.54, 1.807) is 18.2 Å².